The van der Waals surface area contributed by atoms with Crippen molar-refractivity contribution in [2.24, 2.45) is 0 Å². The van der Waals surface area contributed by atoms with Crippen LogP contribution in [0.25, 0.3) is 0 Å². The first-order chi connectivity index (χ1) is 6.29. The van der Waals surface area contributed by atoms with Crippen molar-refractivity contribution in [2.45, 2.75) is 57.2 Å². The van der Waals surface area contributed by atoms with E-state index < -0.39 is 6.17 Å². The molecule has 0 aromatic carbocycles. The molecule has 76 valence electrons. The average Bonchev–Trinajstić information content (AvgIpc) is 2.65. The number of halogens is 1. The highest BCUT2D eigenvalue weighted by Crippen LogP contribution is 2.43. The highest BCUT2D eigenvalue weighted by atomic mass is 19.1. The molecule has 2 heteroatoms. The van der Waals surface area contributed by atoms with Crippen LogP contribution in [0.1, 0.15) is 45.4 Å². The zero-order valence-electron chi connectivity index (χ0n) is 8.56. The van der Waals surface area contributed by atoms with E-state index in [9.17, 15) is 4.39 Å². The quantitative estimate of drug-likeness (QED) is 0.653. The fourth-order valence-corrected chi connectivity index (χ4v) is 3.11. The first kappa shape index (κ1) is 9.45. The minimum absolute atomic E-state index is 0.0178. The van der Waals surface area contributed by atoms with E-state index in [0.717, 1.165) is 32.4 Å². The van der Waals surface area contributed by atoms with Crippen LogP contribution in [0, 0.1) is 0 Å². The zero-order chi connectivity index (χ0) is 9.31. The number of fused-ring (bicyclic) bond motifs is 1. The standard InChI is InChI=1S/C11H20FN/c1-2-3-6-11-7-4-8-13(11)9-5-10(11)12/h10H,2-9H2,1H3. The first-order valence-electron chi connectivity index (χ1n) is 5.69. The van der Waals surface area contributed by atoms with Crippen molar-refractivity contribution < 1.29 is 4.39 Å². The van der Waals surface area contributed by atoms with E-state index in [0.29, 0.717) is 0 Å². The molecule has 0 saturated carbocycles. The summed E-state index contributed by atoms with van der Waals surface area (Å²) in [4.78, 5) is 2.41. The van der Waals surface area contributed by atoms with Crippen molar-refractivity contribution in [3.63, 3.8) is 0 Å². The Morgan fingerprint density at radius 2 is 2.31 bits per heavy atom. The number of nitrogens with zero attached hydrogens (tertiary/aromatic N) is 1. The first-order valence-corrected chi connectivity index (χ1v) is 5.69. The van der Waals surface area contributed by atoms with Crippen LogP contribution >= 0.6 is 0 Å². The average molecular weight is 185 g/mol. The molecule has 0 radical (unpaired) electrons. The minimum Gasteiger partial charge on any atom is -0.295 e. The van der Waals surface area contributed by atoms with E-state index in [1.165, 1.54) is 19.3 Å². The van der Waals surface area contributed by atoms with Crippen LogP contribution in [0.15, 0.2) is 0 Å². The second kappa shape index (κ2) is 3.56. The fourth-order valence-electron chi connectivity index (χ4n) is 3.11. The Balaban J connectivity index is 2.06. The lowest BCUT2D eigenvalue weighted by molar-refractivity contribution is 0.105. The van der Waals surface area contributed by atoms with Gasteiger partial charge in [-0.3, -0.25) is 4.90 Å². The molecule has 2 atom stereocenters. The van der Waals surface area contributed by atoms with Gasteiger partial charge >= 0.3 is 0 Å². The molecule has 2 rings (SSSR count). The van der Waals surface area contributed by atoms with Crippen LogP contribution in [0.3, 0.4) is 0 Å². The van der Waals surface area contributed by atoms with Gasteiger partial charge in [0.2, 0.25) is 0 Å². The van der Waals surface area contributed by atoms with Gasteiger partial charge in [-0.1, -0.05) is 19.8 Å². The maximum absolute atomic E-state index is 13.8. The molecule has 0 bridgehead atoms. The number of hydrogen-bond donors (Lipinski definition) is 0. The van der Waals surface area contributed by atoms with Gasteiger partial charge in [0.25, 0.3) is 0 Å². The predicted molar refractivity (Wildman–Crippen MR) is 52.6 cm³/mol. The van der Waals surface area contributed by atoms with Crippen molar-refractivity contribution in [2.75, 3.05) is 13.1 Å². The van der Waals surface area contributed by atoms with Crippen molar-refractivity contribution in [1.29, 1.82) is 0 Å². The Labute approximate surface area is 80.3 Å². The normalized spacial score (nSPS) is 39.7. The SMILES string of the molecule is CCCCC12CCCN1CCC2F. The summed E-state index contributed by atoms with van der Waals surface area (Å²) in [5, 5.41) is 0. The van der Waals surface area contributed by atoms with Crippen molar-refractivity contribution >= 4 is 0 Å². The molecule has 2 fully saturated rings. The van der Waals surface area contributed by atoms with Crippen molar-refractivity contribution in [1.82, 2.24) is 4.90 Å². The second-order valence-electron chi connectivity index (χ2n) is 4.55. The zero-order valence-corrected chi connectivity index (χ0v) is 8.56. The second-order valence-corrected chi connectivity index (χ2v) is 4.55. The molecular weight excluding hydrogens is 165 g/mol. The Morgan fingerprint density at radius 1 is 1.46 bits per heavy atom. The smallest absolute Gasteiger partial charge is 0.120 e. The summed E-state index contributed by atoms with van der Waals surface area (Å²) in [6, 6.07) is 0. The number of rotatable bonds is 3. The number of alkyl halides is 1. The summed E-state index contributed by atoms with van der Waals surface area (Å²) in [5.41, 5.74) is -0.0178. The van der Waals surface area contributed by atoms with E-state index in [4.69, 9.17) is 0 Å². The lowest BCUT2D eigenvalue weighted by Gasteiger charge is -2.33. The lowest BCUT2D eigenvalue weighted by atomic mass is 9.87. The van der Waals surface area contributed by atoms with Gasteiger partial charge < -0.3 is 0 Å². The molecule has 0 aromatic rings. The van der Waals surface area contributed by atoms with E-state index in [1.807, 2.05) is 0 Å². The van der Waals surface area contributed by atoms with Gasteiger partial charge in [0.15, 0.2) is 0 Å². The third-order valence-corrected chi connectivity index (χ3v) is 3.87. The van der Waals surface area contributed by atoms with E-state index >= 15 is 0 Å². The largest absolute Gasteiger partial charge is 0.295 e. The number of hydrogen-bond acceptors (Lipinski definition) is 1. The van der Waals surface area contributed by atoms with Crippen LogP contribution in [-0.4, -0.2) is 29.7 Å². The molecule has 1 nitrogen and oxygen atoms in total. The van der Waals surface area contributed by atoms with Crippen LogP contribution < -0.4 is 0 Å². The van der Waals surface area contributed by atoms with Gasteiger partial charge in [-0.2, -0.15) is 0 Å². The molecule has 2 heterocycles. The van der Waals surface area contributed by atoms with Crippen LogP contribution in [-0.2, 0) is 0 Å². The Hall–Kier alpha value is -0.110. The van der Waals surface area contributed by atoms with Gasteiger partial charge in [0.05, 0.1) is 5.54 Å². The molecule has 2 aliphatic heterocycles. The van der Waals surface area contributed by atoms with Gasteiger partial charge in [-0.25, -0.2) is 4.39 Å². The molecule has 2 unspecified atom stereocenters. The van der Waals surface area contributed by atoms with Gasteiger partial charge in [0.1, 0.15) is 6.17 Å². The Kier molecular flexibility index (Phi) is 2.59. The summed E-state index contributed by atoms with van der Waals surface area (Å²) >= 11 is 0. The molecule has 2 aliphatic rings. The minimum atomic E-state index is -0.540. The van der Waals surface area contributed by atoms with E-state index in [-0.39, 0.29) is 5.54 Å². The fraction of sp³-hybridized carbons (Fsp3) is 1.00. The Bertz CT molecular complexity index is 183. The third-order valence-electron chi connectivity index (χ3n) is 3.87. The summed E-state index contributed by atoms with van der Waals surface area (Å²) in [7, 11) is 0. The van der Waals surface area contributed by atoms with Gasteiger partial charge in [-0.15, -0.1) is 0 Å². The monoisotopic (exact) mass is 185 g/mol. The maximum Gasteiger partial charge on any atom is 0.120 e. The summed E-state index contributed by atoms with van der Waals surface area (Å²) in [6.45, 7) is 4.34. The van der Waals surface area contributed by atoms with Crippen molar-refractivity contribution in [3.8, 4) is 0 Å². The summed E-state index contributed by atoms with van der Waals surface area (Å²) < 4.78 is 13.8. The summed E-state index contributed by atoms with van der Waals surface area (Å²) in [6.07, 6.45) is 6.04. The molecule has 0 N–H and O–H groups in total. The van der Waals surface area contributed by atoms with Crippen LogP contribution in [0.2, 0.25) is 0 Å². The molecular formula is C11H20FN. The van der Waals surface area contributed by atoms with E-state index in [2.05, 4.69) is 11.8 Å². The van der Waals surface area contributed by atoms with Gasteiger partial charge in [-0.05, 0) is 32.2 Å². The molecule has 0 aliphatic carbocycles. The lowest BCUT2D eigenvalue weighted by Crippen LogP contribution is -2.44. The molecule has 0 spiro atoms. The van der Waals surface area contributed by atoms with Crippen LogP contribution in [0.4, 0.5) is 4.39 Å². The molecule has 2 saturated heterocycles. The highest BCUT2D eigenvalue weighted by Gasteiger charge is 2.50. The van der Waals surface area contributed by atoms with Gasteiger partial charge in [0, 0.05) is 6.54 Å². The van der Waals surface area contributed by atoms with Crippen molar-refractivity contribution in [3.05, 3.63) is 0 Å². The summed E-state index contributed by atoms with van der Waals surface area (Å²) in [5.74, 6) is 0. The molecule has 0 amide bonds. The number of unbranched alkanes of at least 4 members (excludes halogenated alkanes) is 1. The highest BCUT2D eigenvalue weighted by molar-refractivity contribution is 5.05. The maximum atomic E-state index is 13.8. The predicted octanol–water partition coefficient (Wildman–Crippen LogP) is 2.75. The topological polar surface area (TPSA) is 3.24 Å². The Morgan fingerprint density at radius 3 is 3.08 bits per heavy atom. The molecule has 0 aromatic heterocycles. The van der Waals surface area contributed by atoms with E-state index in [1.54, 1.807) is 0 Å². The van der Waals surface area contributed by atoms with Crippen LogP contribution in [0.5, 0.6) is 0 Å². The molecule has 13 heavy (non-hydrogen) atoms. The third kappa shape index (κ3) is 1.39.